The van der Waals surface area contributed by atoms with Crippen LogP contribution >= 0.6 is 35.3 Å². The van der Waals surface area contributed by atoms with Crippen LogP contribution in [0.25, 0.3) is 10.2 Å². The molecule has 2 aromatic carbocycles. The van der Waals surface area contributed by atoms with E-state index >= 15 is 0 Å². The highest BCUT2D eigenvalue weighted by Crippen LogP contribution is 2.37. The third-order valence-electron chi connectivity index (χ3n) is 6.42. The number of carbonyl (C=O) groups excluding carboxylic acids is 1. The maximum atomic E-state index is 13.7. The van der Waals surface area contributed by atoms with Crippen LogP contribution in [0.2, 0.25) is 5.02 Å². The van der Waals surface area contributed by atoms with Gasteiger partial charge in [0.05, 0.1) is 20.1 Å². The van der Waals surface area contributed by atoms with Crippen molar-refractivity contribution in [1.82, 2.24) is 14.2 Å². The van der Waals surface area contributed by atoms with E-state index in [9.17, 15) is 17.6 Å². The number of anilines is 1. The first-order valence-corrected chi connectivity index (χ1v) is 14.5. The van der Waals surface area contributed by atoms with E-state index in [2.05, 4.69) is 4.90 Å². The summed E-state index contributed by atoms with van der Waals surface area (Å²) in [7, 11) is 0.241. The van der Waals surface area contributed by atoms with Crippen molar-refractivity contribution in [1.29, 1.82) is 0 Å². The quantitative estimate of drug-likeness (QED) is 0.361. The second kappa shape index (κ2) is 12.4. The second-order valence-electron chi connectivity index (χ2n) is 9.32. The number of carbonyl (C=O) groups is 1. The predicted octanol–water partition coefficient (Wildman–Crippen LogP) is 5.20. The molecule has 1 aromatic heterocycles. The van der Waals surface area contributed by atoms with Gasteiger partial charge in [-0.1, -0.05) is 29.0 Å². The van der Waals surface area contributed by atoms with Crippen LogP contribution in [0, 0.1) is 18.7 Å². The standard InChI is InChI=1S/C25H30ClFN4O3S2.ClH/c1-17-5-10-21(26)23-22(17)28-25(35-23)31(14-4-13-29(2)3)24(32)18-11-15-30(16-12-18)36(33,34)20-8-6-19(27)7-9-20;/h5-10,18H,4,11-16H2,1-3H3;1H. The predicted molar refractivity (Wildman–Crippen MR) is 150 cm³/mol. The average molecular weight is 590 g/mol. The Balaban J connectivity index is 0.00000380. The van der Waals surface area contributed by atoms with Gasteiger partial charge in [0.15, 0.2) is 5.13 Å². The lowest BCUT2D eigenvalue weighted by Crippen LogP contribution is -2.45. The molecule has 0 N–H and O–H groups in total. The topological polar surface area (TPSA) is 73.8 Å². The molecular weight excluding hydrogens is 558 g/mol. The molecule has 3 aromatic rings. The zero-order valence-electron chi connectivity index (χ0n) is 21.0. The number of amides is 1. The summed E-state index contributed by atoms with van der Waals surface area (Å²) in [6.45, 7) is 3.76. The number of fused-ring (bicyclic) bond motifs is 1. The van der Waals surface area contributed by atoms with E-state index in [0.29, 0.717) is 29.5 Å². The summed E-state index contributed by atoms with van der Waals surface area (Å²) in [4.78, 5) is 22.4. The zero-order valence-corrected chi connectivity index (χ0v) is 24.2. The maximum absolute atomic E-state index is 13.7. The molecule has 0 bridgehead atoms. The molecule has 202 valence electrons. The van der Waals surface area contributed by atoms with E-state index in [1.54, 1.807) is 4.90 Å². The summed E-state index contributed by atoms with van der Waals surface area (Å²) in [6, 6.07) is 8.59. The molecule has 0 saturated carbocycles. The lowest BCUT2D eigenvalue weighted by Gasteiger charge is -2.33. The molecule has 0 radical (unpaired) electrons. The minimum atomic E-state index is -3.74. The number of aryl methyl sites for hydroxylation is 1. The highest BCUT2D eigenvalue weighted by molar-refractivity contribution is 7.89. The van der Waals surface area contributed by atoms with Crippen molar-refractivity contribution in [2.24, 2.45) is 5.92 Å². The van der Waals surface area contributed by atoms with Crippen molar-refractivity contribution < 1.29 is 17.6 Å². The third-order valence-corrected chi connectivity index (χ3v) is 9.88. The number of hydrogen-bond acceptors (Lipinski definition) is 6. The summed E-state index contributed by atoms with van der Waals surface area (Å²) < 4.78 is 41.5. The Hall–Kier alpha value is -1.82. The lowest BCUT2D eigenvalue weighted by atomic mass is 9.96. The molecule has 0 unspecified atom stereocenters. The average Bonchev–Trinajstić information content (AvgIpc) is 3.30. The van der Waals surface area contributed by atoms with Crippen LogP contribution in [0.4, 0.5) is 9.52 Å². The SMILES string of the molecule is Cc1ccc(Cl)c2sc(N(CCCN(C)C)C(=O)C3CCN(S(=O)(=O)c4ccc(F)cc4)CC3)nc12.Cl. The Morgan fingerprint density at radius 1 is 1.14 bits per heavy atom. The molecule has 1 saturated heterocycles. The minimum absolute atomic E-state index is 0. The van der Waals surface area contributed by atoms with Crippen LogP contribution in [0.1, 0.15) is 24.8 Å². The van der Waals surface area contributed by atoms with Crippen LogP contribution in [0.5, 0.6) is 0 Å². The van der Waals surface area contributed by atoms with Crippen molar-refractivity contribution in [3.05, 3.63) is 52.8 Å². The highest BCUT2D eigenvalue weighted by Gasteiger charge is 2.35. The molecule has 12 heteroatoms. The first kappa shape index (κ1) is 29.7. The largest absolute Gasteiger partial charge is 0.309 e. The van der Waals surface area contributed by atoms with Gasteiger partial charge in [0, 0.05) is 25.6 Å². The number of rotatable bonds is 8. The summed E-state index contributed by atoms with van der Waals surface area (Å²) in [5, 5.41) is 1.23. The minimum Gasteiger partial charge on any atom is -0.309 e. The van der Waals surface area contributed by atoms with Crippen molar-refractivity contribution in [3.63, 3.8) is 0 Å². The molecule has 0 atom stereocenters. The van der Waals surface area contributed by atoms with Crippen molar-refractivity contribution >= 4 is 66.6 Å². The van der Waals surface area contributed by atoms with Gasteiger partial charge in [0.1, 0.15) is 5.82 Å². The monoisotopic (exact) mass is 588 g/mol. The van der Waals surface area contributed by atoms with Gasteiger partial charge in [-0.3, -0.25) is 9.69 Å². The third kappa shape index (κ3) is 6.61. The molecule has 2 heterocycles. The smallest absolute Gasteiger partial charge is 0.243 e. The highest BCUT2D eigenvalue weighted by atomic mass is 35.5. The van der Waals surface area contributed by atoms with Gasteiger partial charge in [-0.05, 0) is 82.7 Å². The van der Waals surface area contributed by atoms with Gasteiger partial charge < -0.3 is 4.90 Å². The Bertz CT molecular complexity index is 1300. The fourth-order valence-corrected chi connectivity index (χ4v) is 7.19. The molecule has 1 aliphatic heterocycles. The van der Waals surface area contributed by atoms with E-state index in [1.807, 2.05) is 33.2 Å². The Morgan fingerprint density at radius 2 is 1.78 bits per heavy atom. The molecule has 0 spiro atoms. The number of hydrogen-bond donors (Lipinski definition) is 0. The first-order chi connectivity index (χ1) is 17.1. The normalized spacial score (nSPS) is 15.2. The molecule has 1 aliphatic rings. The van der Waals surface area contributed by atoms with Crippen LogP contribution in [0.15, 0.2) is 41.3 Å². The maximum Gasteiger partial charge on any atom is 0.243 e. The Morgan fingerprint density at radius 3 is 2.38 bits per heavy atom. The van der Waals surface area contributed by atoms with Crippen LogP contribution in [-0.4, -0.2) is 68.8 Å². The van der Waals surface area contributed by atoms with Gasteiger partial charge in [-0.2, -0.15) is 4.31 Å². The van der Waals surface area contributed by atoms with E-state index < -0.39 is 15.8 Å². The van der Waals surface area contributed by atoms with Crippen molar-refractivity contribution in [2.75, 3.05) is 45.2 Å². The van der Waals surface area contributed by atoms with E-state index in [0.717, 1.165) is 40.9 Å². The summed E-state index contributed by atoms with van der Waals surface area (Å²) in [5.74, 6) is -0.841. The second-order valence-corrected chi connectivity index (χ2v) is 12.6. The van der Waals surface area contributed by atoms with E-state index in [-0.39, 0.29) is 42.2 Å². The molecular formula is C25H31Cl2FN4O3S2. The number of nitrogens with zero attached hydrogens (tertiary/aromatic N) is 4. The first-order valence-electron chi connectivity index (χ1n) is 11.9. The number of thiazole rings is 1. The van der Waals surface area contributed by atoms with Crippen molar-refractivity contribution in [2.45, 2.75) is 31.1 Å². The Labute approximate surface area is 232 Å². The fourth-order valence-electron chi connectivity index (χ4n) is 4.37. The van der Waals surface area contributed by atoms with Crippen LogP contribution in [-0.2, 0) is 14.8 Å². The van der Waals surface area contributed by atoms with Gasteiger partial charge in [-0.15, -0.1) is 12.4 Å². The van der Waals surface area contributed by atoms with E-state index in [1.165, 1.54) is 27.8 Å². The van der Waals surface area contributed by atoms with Gasteiger partial charge in [-0.25, -0.2) is 17.8 Å². The van der Waals surface area contributed by atoms with Crippen LogP contribution in [0.3, 0.4) is 0 Å². The summed E-state index contributed by atoms with van der Waals surface area (Å²) in [6.07, 6.45) is 1.60. The molecule has 0 aliphatic carbocycles. The number of aromatic nitrogens is 1. The number of benzene rings is 2. The number of halogens is 3. The molecule has 1 amide bonds. The molecule has 7 nitrogen and oxygen atoms in total. The van der Waals surface area contributed by atoms with Gasteiger partial charge in [0.25, 0.3) is 0 Å². The lowest BCUT2D eigenvalue weighted by molar-refractivity contribution is -0.123. The van der Waals surface area contributed by atoms with Crippen LogP contribution < -0.4 is 4.90 Å². The molecule has 1 fully saturated rings. The molecule has 37 heavy (non-hydrogen) atoms. The zero-order chi connectivity index (χ0) is 26.0. The van der Waals surface area contributed by atoms with Gasteiger partial charge in [0.2, 0.25) is 15.9 Å². The van der Waals surface area contributed by atoms with Crippen molar-refractivity contribution in [3.8, 4) is 0 Å². The molecule has 4 rings (SSSR count). The number of piperidine rings is 1. The number of sulfonamides is 1. The summed E-state index contributed by atoms with van der Waals surface area (Å²) in [5.41, 5.74) is 1.80. The fraction of sp³-hybridized carbons (Fsp3) is 0.440. The summed E-state index contributed by atoms with van der Waals surface area (Å²) >= 11 is 7.83. The van der Waals surface area contributed by atoms with Gasteiger partial charge >= 0.3 is 0 Å². The van der Waals surface area contributed by atoms with E-state index in [4.69, 9.17) is 16.6 Å². The Kier molecular flexibility index (Phi) is 9.93.